The monoisotopic (exact) mass is 290 g/mol. The highest BCUT2D eigenvalue weighted by atomic mass is 35.5. The number of nitrogens with zero attached hydrogens (tertiary/aromatic N) is 2. The predicted octanol–water partition coefficient (Wildman–Crippen LogP) is 2.88. The number of pyridine rings is 1. The molecule has 104 valence electrons. The molecule has 1 aromatic heterocycles. The quantitative estimate of drug-likeness (QED) is 0.670. The summed E-state index contributed by atoms with van der Waals surface area (Å²) in [5, 5.41) is 7.68. The Bertz CT molecular complexity index is 643. The minimum absolute atomic E-state index is 0.121. The van der Waals surface area contributed by atoms with Crippen molar-refractivity contribution in [2.24, 2.45) is 5.73 Å². The van der Waals surface area contributed by atoms with Gasteiger partial charge in [0, 0.05) is 37.6 Å². The number of halogens is 1. The van der Waals surface area contributed by atoms with Crippen molar-refractivity contribution in [2.45, 2.75) is 0 Å². The molecular formula is C14H15ClN4O. The predicted molar refractivity (Wildman–Crippen MR) is 81.1 cm³/mol. The summed E-state index contributed by atoms with van der Waals surface area (Å²) in [6.45, 7) is 0. The lowest BCUT2D eigenvalue weighted by Crippen LogP contribution is -2.12. The Morgan fingerprint density at radius 2 is 2.10 bits per heavy atom. The maximum absolute atomic E-state index is 7.45. The number of rotatable bonds is 4. The molecule has 0 radical (unpaired) electrons. The Balaban J connectivity index is 2.33. The molecule has 20 heavy (non-hydrogen) atoms. The zero-order valence-corrected chi connectivity index (χ0v) is 12.0. The number of hydrogen-bond donors (Lipinski definition) is 2. The van der Waals surface area contributed by atoms with Gasteiger partial charge < -0.3 is 15.4 Å². The van der Waals surface area contributed by atoms with E-state index >= 15 is 0 Å². The van der Waals surface area contributed by atoms with Crippen LogP contribution >= 0.6 is 11.6 Å². The van der Waals surface area contributed by atoms with Crippen molar-refractivity contribution < 1.29 is 4.74 Å². The summed E-state index contributed by atoms with van der Waals surface area (Å²) in [4.78, 5) is 6.04. The molecular weight excluding hydrogens is 276 g/mol. The van der Waals surface area contributed by atoms with Crippen LogP contribution in [0.1, 0.15) is 5.56 Å². The Morgan fingerprint density at radius 3 is 2.75 bits per heavy atom. The van der Waals surface area contributed by atoms with Crippen molar-refractivity contribution >= 4 is 23.1 Å². The highest BCUT2D eigenvalue weighted by Gasteiger charge is 2.12. The Morgan fingerprint density at radius 1 is 1.35 bits per heavy atom. The van der Waals surface area contributed by atoms with Gasteiger partial charge in [-0.2, -0.15) is 0 Å². The van der Waals surface area contributed by atoms with Crippen molar-refractivity contribution in [1.82, 2.24) is 4.98 Å². The number of nitrogen functional groups attached to an aromatic ring is 1. The van der Waals surface area contributed by atoms with E-state index in [-0.39, 0.29) is 16.7 Å². The molecule has 0 saturated carbocycles. The van der Waals surface area contributed by atoms with Gasteiger partial charge in [-0.15, -0.1) is 0 Å². The molecule has 0 saturated heterocycles. The number of nitrogens with one attached hydrogen (secondary N) is 1. The third-order valence-corrected chi connectivity index (χ3v) is 3.06. The number of hydrogen-bond acceptors (Lipinski definition) is 4. The van der Waals surface area contributed by atoms with E-state index in [1.54, 1.807) is 6.07 Å². The number of aromatic nitrogens is 1. The third-order valence-electron chi connectivity index (χ3n) is 2.70. The van der Waals surface area contributed by atoms with Crippen LogP contribution < -0.4 is 15.4 Å². The van der Waals surface area contributed by atoms with E-state index < -0.39 is 0 Å². The van der Waals surface area contributed by atoms with Crippen LogP contribution in [0.25, 0.3) is 0 Å². The second-order valence-electron chi connectivity index (χ2n) is 4.39. The first-order chi connectivity index (χ1) is 9.49. The molecule has 0 aliphatic carbocycles. The average molecular weight is 291 g/mol. The lowest BCUT2D eigenvalue weighted by molar-refractivity contribution is 0.463. The second kappa shape index (κ2) is 5.79. The van der Waals surface area contributed by atoms with Gasteiger partial charge in [-0.25, -0.2) is 4.98 Å². The Kier molecular flexibility index (Phi) is 4.10. The molecule has 6 heteroatoms. The van der Waals surface area contributed by atoms with Crippen LogP contribution in [0.4, 0.5) is 5.69 Å². The zero-order chi connectivity index (χ0) is 14.7. The molecule has 0 bridgehead atoms. The normalized spacial score (nSPS) is 10.2. The van der Waals surface area contributed by atoms with Gasteiger partial charge >= 0.3 is 0 Å². The SMILES string of the molecule is CN(C)c1cccc(Oc2nccc(C(=N)N)c2Cl)c1. The summed E-state index contributed by atoms with van der Waals surface area (Å²) in [6.07, 6.45) is 1.51. The summed E-state index contributed by atoms with van der Waals surface area (Å²) in [5.74, 6) is 0.728. The summed E-state index contributed by atoms with van der Waals surface area (Å²) in [6, 6.07) is 9.11. The molecule has 5 nitrogen and oxygen atoms in total. The fourth-order valence-electron chi connectivity index (χ4n) is 1.64. The number of nitrogens with two attached hydrogens (primary N) is 1. The first-order valence-electron chi connectivity index (χ1n) is 5.93. The van der Waals surface area contributed by atoms with Gasteiger partial charge in [0.15, 0.2) is 0 Å². The first-order valence-corrected chi connectivity index (χ1v) is 6.31. The first kappa shape index (κ1) is 14.1. The number of amidine groups is 1. The summed E-state index contributed by atoms with van der Waals surface area (Å²) < 4.78 is 5.67. The van der Waals surface area contributed by atoms with Gasteiger partial charge in [0.2, 0.25) is 5.88 Å². The van der Waals surface area contributed by atoms with Crippen LogP contribution in [0.2, 0.25) is 5.02 Å². The molecule has 1 heterocycles. The Hall–Kier alpha value is -2.27. The molecule has 2 rings (SSSR count). The standard InChI is InChI=1S/C14H15ClN4O/c1-19(2)9-4-3-5-10(8-9)20-14-12(15)11(13(16)17)6-7-18-14/h3-8H,1-2H3,(H3,16,17). The van der Waals surface area contributed by atoms with E-state index in [0.29, 0.717) is 11.3 Å². The maximum atomic E-state index is 7.45. The summed E-state index contributed by atoms with van der Waals surface area (Å²) >= 11 is 6.14. The van der Waals surface area contributed by atoms with Crippen molar-refractivity contribution in [2.75, 3.05) is 19.0 Å². The molecule has 0 spiro atoms. The number of ether oxygens (including phenoxy) is 1. The summed E-state index contributed by atoms with van der Waals surface area (Å²) in [7, 11) is 3.89. The molecule has 0 aliphatic heterocycles. The van der Waals surface area contributed by atoms with Gasteiger partial charge in [-0.05, 0) is 18.2 Å². The fourth-order valence-corrected chi connectivity index (χ4v) is 1.89. The second-order valence-corrected chi connectivity index (χ2v) is 4.76. The van der Waals surface area contributed by atoms with Crippen LogP contribution in [-0.2, 0) is 0 Å². The molecule has 0 unspecified atom stereocenters. The smallest absolute Gasteiger partial charge is 0.238 e. The van der Waals surface area contributed by atoms with Crippen LogP contribution in [0.15, 0.2) is 36.5 Å². The molecule has 0 aliphatic rings. The third kappa shape index (κ3) is 3.00. The maximum Gasteiger partial charge on any atom is 0.238 e. The largest absolute Gasteiger partial charge is 0.437 e. The van der Waals surface area contributed by atoms with Crippen molar-refractivity contribution in [3.05, 3.63) is 47.1 Å². The highest BCUT2D eigenvalue weighted by Crippen LogP contribution is 2.30. The molecule has 0 fully saturated rings. The van der Waals surface area contributed by atoms with E-state index in [4.69, 9.17) is 27.5 Å². The van der Waals surface area contributed by atoms with Gasteiger partial charge in [0.05, 0.1) is 0 Å². The number of anilines is 1. The zero-order valence-electron chi connectivity index (χ0n) is 11.2. The van der Waals surface area contributed by atoms with E-state index in [0.717, 1.165) is 5.69 Å². The lowest BCUT2D eigenvalue weighted by Gasteiger charge is -2.14. The van der Waals surface area contributed by atoms with Gasteiger partial charge in [0.1, 0.15) is 16.6 Å². The minimum atomic E-state index is -0.121. The molecule has 3 N–H and O–H groups in total. The van der Waals surface area contributed by atoms with Crippen LogP contribution in [-0.4, -0.2) is 24.9 Å². The lowest BCUT2D eigenvalue weighted by atomic mass is 10.2. The number of benzene rings is 1. The van der Waals surface area contributed by atoms with Crippen molar-refractivity contribution in [3.63, 3.8) is 0 Å². The van der Waals surface area contributed by atoms with Crippen molar-refractivity contribution in [3.8, 4) is 11.6 Å². The molecule has 2 aromatic rings. The van der Waals surface area contributed by atoms with E-state index in [1.807, 2.05) is 43.3 Å². The Labute approximate surface area is 122 Å². The topological polar surface area (TPSA) is 75.2 Å². The van der Waals surface area contributed by atoms with Crippen LogP contribution in [0.5, 0.6) is 11.6 Å². The van der Waals surface area contributed by atoms with Crippen molar-refractivity contribution in [1.29, 1.82) is 5.41 Å². The van der Waals surface area contributed by atoms with E-state index in [2.05, 4.69) is 4.98 Å². The van der Waals surface area contributed by atoms with Gasteiger partial charge in [-0.3, -0.25) is 5.41 Å². The fraction of sp³-hybridized carbons (Fsp3) is 0.143. The van der Waals surface area contributed by atoms with Gasteiger partial charge in [-0.1, -0.05) is 17.7 Å². The average Bonchev–Trinajstić information content (AvgIpc) is 2.41. The van der Waals surface area contributed by atoms with Crippen LogP contribution in [0, 0.1) is 5.41 Å². The minimum Gasteiger partial charge on any atom is -0.437 e. The summed E-state index contributed by atoms with van der Waals surface area (Å²) in [5.41, 5.74) is 6.85. The molecule has 0 atom stereocenters. The van der Waals surface area contributed by atoms with Gasteiger partial charge in [0.25, 0.3) is 0 Å². The van der Waals surface area contributed by atoms with Crippen LogP contribution in [0.3, 0.4) is 0 Å². The van der Waals surface area contributed by atoms with E-state index in [9.17, 15) is 0 Å². The molecule has 1 aromatic carbocycles. The van der Waals surface area contributed by atoms with E-state index in [1.165, 1.54) is 6.20 Å². The highest BCUT2D eigenvalue weighted by molar-refractivity contribution is 6.35. The molecule has 0 amide bonds.